The van der Waals surface area contributed by atoms with E-state index in [2.05, 4.69) is 20.4 Å². The molecule has 0 saturated heterocycles. The van der Waals surface area contributed by atoms with Gasteiger partial charge >= 0.3 is 5.97 Å². The van der Waals surface area contributed by atoms with Crippen molar-refractivity contribution >= 4 is 5.97 Å². The number of carboxylic acids is 1. The van der Waals surface area contributed by atoms with Gasteiger partial charge in [-0.1, -0.05) is 130 Å². The van der Waals surface area contributed by atoms with Gasteiger partial charge in [-0.2, -0.15) is 0 Å². The molecule has 0 amide bonds. The monoisotopic (exact) mass is 380 g/mol. The zero-order valence-electron chi connectivity index (χ0n) is 18.6. The van der Waals surface area contributed by atoms with Crippen LogP contribution in [0, 0.1) is 5.92 Å². The molecule has 0 fully saturated rings. The van der Waals surface area contributed by atoms with E-state index >= 15 is 0 Å². The van der Waals surface area contributed by atoms with Gasteiger partial charge in [0.25, 0.3) is 0 Å². The van der Waals surface area contributed by atoms with Gasteiger partial charge in [-0.3, -0.25) is 0 Å². The summed E-state index contributed by atoms with van der Waals surface area (Å²) in [6.45, 7) is 8.34. The molecule has 1 N–H and O–H groups in total. The van der Waals surface area contributed by atoms with Crippen LogP contribution in [-0.4, -0.2) is 11.1 Å². The summed E-state index contributed by atoms with van der Waals surface area (Å²) in [6.07, 6.45) is 24.4. The normalized spacial score (nSPS) is 12.2. The van der Waals surface area contributed by atoms with Crippen LogP contribution in [0.5, 0.6) is 0 Å². The minimum atomic E-state index is -0.799. The zero-order chi connectivity index (χ0) is 20.2. The van der Waals surface area contributed by atoms with E-state index in [0.29, 0.717) is 5.57 Å². The van der Waals surface area contributed by atoms with Crippen molar-refractivity contribution in [3.8, 4) is 0 Å². The van der Waals surface area contributed by atoms with Gasteiger partial charge in [0.15, 0.2) is 0 Å². The molecule has 2 nitrogen and oxygen atoms in total. The third kappa shape index (κ3) is 17.1. The van der Waals surface area contributed by atoms with Crippen LogP contribution in [0.2, 0.25) is 0 Å². The van der Waals surface area contributed by atoms with Crippen LogP contribution in [0.15, 0.2) is 12.2 Å². The standard InChI is InChI=1S/C25H48O2/c1-4-6-8-10-11-12-13-14-15-16-18-20-22-24(23(3)25(26)27)21-19-17-9-7-5-2/h24H,3-22H2,1-2H3,(H,26,27). The van der Waals surface area contributed by atoms with E-state index in [-0.39, 0.29) is 5.92 Å². The lowest BCUT2D eigenvalue weighted by Crippen LogP contribution is -2.12. The molecule has 0 spiro atoms. The molecule has 0 bridgehead atoms. The summed E-state index contributed by atoms with van der Waals surface area (Å²) in [7, 11) is 0. The van der Waals surface area contributed by atoms with E-state index in [9.17, 15) is 9.90 Å². The fourth-order valence-corrected chi connectivity index (χ4v) is 3.89. The largest absolute Gasteiger partial charge is 0.478 e. The highest BCUT2D eigenvalue weighted by atomic mass is 16.4. The first-order chi connectivity index (χ1) is 13.1. The van der Waals surface area contributed by atoms with Crippen molar-refractivity contribution in [2.45, 2.75) is 136 Å². The van der Waals surface area contributed by atoms with Crippen molar-refractivity contribution < 1.29 is 9.90 Å². The third-order valence-electron chi connectivity index (χ3n) is 5.83. The Morgan fingerprint density at radius 1 is 0.630 bits per heavy atom. The molecular weight excluding hydrogens is 332 g/mol. The number of hydrogen-bond donors (Lipinski definition) is 1. The lowest BCUT2D eigenvalue weighted by Gasteiger charge is -2.17. The quantitative estimate of drug-likeness (QED) is 0.160. The molecule has 2 heteroatoms. The number of carboxylic acid groups (broad SMARTS) is 1. The van der Waals surface area contributed by atoms with Crippen LogP contribution in [0.4, 0.5) is 0 Å². The maximum absolute atomic E-state index is 11.3. The highest BCUT2D eigenvalue weighted by Crippen LogP contribution is 2.25. The van der Waals surface area contributed by atoms with Crippen molar-refractivity contribution in [1.29, 1.82) is 0 Å². The van der Waals surface area contributed by atoms with E-state index in [0.717, 1.165) is 25.7 Å². The molecule has 1 atom stereocenters. The number of unbranched alkanes of at least 4 members (excludes halogenated alkanes) is 15. The lowest BCUT2D eigenvalue weighted by atomic mass is 9.88. The third-order valence-corrected chi connectivity index (χ3v) is 5.83. The average molecular weight is 381 g/mol. The summed E-state index contributed by atoms with van der Waals surface area (Å²) in [6, 6.07) is 0. The maximum Gasteiger partial charge on any atom is 0.331 e. The van der Waals surface area contributed by atoms with Gasteiger partial charge in [-0.05, 0) is 18.8 Å². The first kappa shape index (κ1) is 26.2. The number of rotatable bonds is 21. The van der Waals surface area contributed by atoms with Crippen LogP contribution >= 0.6 is 0 Å². The topological polar surface area (TPSA) is 37.3 Å². The Morgan fingerprint density at radius 2 is 0.926 bits per heavy atom. The Hall–Kier alpha value is -0.790. The Morgan fingerprint density at radius 3 is 1.22 bits per heavy atom. The van der Waals surface area contributed by atoms with Crippen molar-refractivity contribution in [2.75, 3.05) is 0 Å². The average Bonchev–Trinajstić information content (AvgIpc) is 2.66. The maximum atomic E-state index is 11.3. The van der Waals surface area contributed by atoms with Crippen LogP contribution in [-0.2, 0) is 4.79 Å². The molecule has 27 heavy (non-hydrogen) atoms. The highest BCUT2D eigenvalue weighted by molar-refractivity contribution is 5.86. The number of hydrogen-bond acceptors (Lipinski definition) is 1. The summed E-state index contributed by atoms with van der Waals surface area (Å²) in [4.78, 5) is 11.3. The molecule has 0 aliphatic rings. The van der Waals surface area contributed by atoms with Crippen LogP contribution in [0.25, 0.3) is 0 Å². The molecule has 1 unspecified atom stereocenters. The minimum Gasteiger partial charge on any atom is -0.478 e. The van der Waals surface area contributed by atoms with E-state index in [1.54, 1.807) is 0 Å². The van der Waals surface area contributed by atoms with Gasteiger partial charge in [-0.25, -0.2) is 4.79 Å². The molecule has 0 heterocycles. The van der Waals surface area contributed by atoms with Crippen LogP contribution in [0.3, 0.4) is 0 Å². The van der Waals surface area contributed by atoms with Gasteiger partial charge in [0, 0.05) is 5.57 Å². The molecule has 0 rings (SSSR count). The molecule has 0 aromatic rings. The molecular formula is C25H48O2. The van der Waals surface area contributed by atoms with Crippen LogP contribution < -0.4 is 0 Å². The van der Waals surface area contributed by atoms with Crippen LogP contribution in [0.1, 0.15) is 136 Å². The molecule has 0 aliphatic heterocycles. The summed E-state index contributed by atoms with van der Waals surface area (Å²) in [5.41, 5.74) is 0.438. The first-order valence-electron chi connectivity index (χ1n) is 12.1. The van der Waals surface area contributed by atoms with Gasteiger partial charge < -0.3 is 5.11 Å². The Labute approximate surface area is 170 Å². The van der Waals surface area contributed by atoms with Gasteiger partial charge in [-0.15, -0.1) is 0 Å². The fourth-order valence-electron chi connectivity index (χ4n) is 3.89. The second-order valence-electron chi connectivity index (χ2n) is 8.41. The molecule has 0 saturated carbocycles. The van der Waals surface area contributed by atoms with Gasteiger partial charge in [0.2, 0.25) is 0 Å². The first-order valence-corrected chi connectivity index (χ1v) is 12.1. The predicted octanol–water partition coefficient (Wildman–Crippen LogP) is 8.70. The lowest BCUT2D eigenvalue weighted by molar-refractivity contribution is -0.133. The van der Waals surface area contributed by atoms with Crippen molar-refractivity contribution in [3.63, 3.8) is 0 Å². The van der Waals surface area contributed by atoms with E-state index < -0.39 is 5.97 Å². The summed E-state index contributed by atoms with van der Waals surface area (Å²) < 4.78 is 0. The predicted molar refractivity (Wildman–Crippen MR) is 119 cm³/mol. The summed E-state index contributed by atoms with van der Waals surface area (Å²) in [5.74, 6) is -0.611. The second kappa shape index (κ2) is 20.0. The van der Waals surface area contributed by atoms with E-state index in [1.165, 1.54) is 96.3 Å². The number of aliphatic carboxylic acids is 1. The molecule has 160 valence electrons. The molecule has 0 radical (unpaired) electrons. The van der Waals surface area contributed by atoms with E-state index in [1.807, 2.05) is 0 Å². The molecule has 0 aromatic carbocycles. The minimum absolute atomic E-state index is 0.187. The Balaban J connectivity index is 3.68. The van der Waals surface area contributed by atoms with Crippen molar-refractivity contribution in [1.82, 2.24) is 0 Å². The van der Waals surface area contributed by atoms with E-state index in [4.69, 9.17) is 0 Å². The van der Waals surface area contributed by atoms with Crippen molar-refractivity contribution in [2.24, 2.45) is 5.92 Å². The molecule has 0 aliphatic carbocycles. The van der Waals surface area contributed by atoms with Crippen molar-refractivity contribution in [3.05, 3.63) is 12.2 Å². The fraction of sp³-hybridized carbons (Fsp3) is 0.880. The highest BCUT2D eigenvalue weighted by Gasteiger charge is 2.17. The summed E-state index contributed by atoms with van der Waals surface area (Å²) in [5, 5.41) is 9.28. The second-order valence-corrected chi connectivity index (χ2v) is 8.41. The molecule has 0 aromatic heterocycles. The summed E-state index contributed by atoms with van der Waals surface area (Å²) >= 11 is 0. The zero-order valence-corrected chi connectivity index (χ0v) is 18.6. The smallest absolute Gasteiger partial charge is 0.331 e. The van der Waals surface area contributed by atoms with Gasteiger partial charge in [0.05, 0.1) is 0 Å². The Kier molecular flexibility index (Phi) is 19.4. The van der Waals surface area contributed by atoms with Gasteiger partial charge in [0.1, 0.15) is 0 Å². The Bertz CT molecular complexity index is 348. The number of carbonyl (C=O) groups is 1. The SMILES string of the molecule is C=C(C(=O)O)C(CCCCCCC)CCCCCCCCCCCCCC.